The highest BCUT2D eigenvalue weighted by molar-refractivity contribution is 5.21. The number of hydrogen-bond donors (Lipinski definition) is 0. The van der Waals surface area contributed by atoms with Crippen LogP contribution in [0, 0.1) is 11.8 Å². The van der Waals surface area contributed by atoms with Crippen LogP contribution >= 0.6 is 0 Å². The molecule has 2 atom stereocenters. The van der Waals surface area contributed by atoms with E-state index < -0.39 is 0 Å². The molecule has 0 N–H and O–H groups in total. The summed E-state index contributed by atoms with van der Waals surface area (Å²) in [6, 6.07) is 11.2. The average molecular weight is 214 g/mol. The van der Waals surface area contributed by atoms with Crippen LogP contribution in [0.4, 0.5) is 0 Å². The lowest BCUT2D eigenvalue weighted by Crippen LogP contribution is -2.15. The summed E-state index contributed by atoms with van der Waals surface area (Å²) in [5.74, 6) is 2.93. The zero-order chi connectivity index (χ0) is 10.8. The molecule has 2 aliphatic rings. The second-order valence-corrected chi connectivity index (χ2v) is 5.66. The average Bonchev–Trinajstić information content (AvgIpc) is 3.01. The third-order valence-electron chi connectivity index (χ3n) is 4.80. The second-order valence-electron chi connectivity index (χ2n) is 5.66. The third kappa shape index (κ3) is 1.90. The summed E-state index contributed by atoms with van der Waals surface area (Å²) >= 11 is 0. The highest BCUT2D eigenvalue weighted by Gasteiger charge is 2.35. The Kier molecular flexibility index (Phi) is 2.99. The van der Waals surface area contributed by atoms with Crippen molar-refractivity contribution in [2.75, 3.05) is 0 Å². The van der Waals surface area contributed by atoms with E-state index in [2.05, 4.69) is 30.3 Å². The van der Waals surface area contributed by atoms with Gasteiger partial charge >= 0.3 is 0 Å². The van der Waals surface area contributed by atoms with Gasteiger partial charge in [0.25, 0.3) is 0 Å². The largest absolute Gasteiger partial charge is 0.0622 e. The SMILES string of the molecule is c1ccc(C2CCCC2C2CCCC2)cc1. The fourth-order valence-electron chi connectivity index (χ4n) is 4.05. The first-order valence-electron chi connectivity index (χ1n) is 7.00. The molecule has 0 saturated heterocycles. The Balaban J connectivity index is 1.78. The molecule has 0 spiro atoms. The minimum atomic E-state index is 0.879. The molecule has 1 aromatic rings. The van der Waals surface area contributed by atoms with Crippen molar-refractivity contribution in [3.63, 3.8) is 0 Å². The molecule has 0 heteroatoms. The molecule has 2 saturated carbocycles. The van der Waals surface area contributed by atoms with Crippen molar-refractivity contribution in [2.24, 2.45) is 11.8 Å². The van der Waals surface area contributed by atoms with Gasteiger partial charge in [-0.05, 0) is 36.2 Å². The lowest BCUT2D eigenvalue weighted by Gasteiger charge is -2.25. The van der Waals surface area contributed by atoms with E-state index in [1.54, 1.807) is 5.56 Å². The van der Waals surface area contributed by atoms with Gasteiger partial charge < -0.3 is 0 Å². The van der Waals surface area contributed by atoms with Gasteiger partial charge in [-0.2, -0.15) is 0 Å². The van der Waals surface area contributed by atoms with E-state index >= 15 is 0 Å². The van der Waals surface area contributed by atoms with Crippen LogP contribution in [0.5, 0.6) is 0 Å². The summed E-state index contributed by atoms with van der Waals surface area (Å²) in [6.07, 6.45) is 10.4. The van der Waals surface area contributed by atoms with Crippen molar-refractivity contribution in [3.05, 3.63) is 35.9 Å². The van der Waals surface area contributed by atoms with Gasteiger partial charge in [0, 0.05) is 0 Å². The van der Waals surface area contributed by atoms with Crippen LogP contribution in [0.1, 0.15) is 56.4 Å². The van der Waals surface area contributed by atoms with Crippen molar-refractivity contribution in [1.29, 1.82) is 0 Å². The monoisotopic (exact) mass is 214 g/mol. The van der Waals surface area contributed by atoms with Crippen LogP contribution in [-0.2, 0) is 0 Å². The predicted octanol–water partition coefficient (Wildman–Crippen LogP) is 4.76. The summed E-state index contributed by atoms with van der Waals surface area (Å²) in [7, 11) is 0. The molecular formula is C16H22. The summed E-state index contributed by atoms with van der Waals surface area (Å²) < 4.78 is 0. The first-order chi connectivity index (χ1) is 7.95. The Hall–Kier alpha value is -0.780. The first-order valence-corrected chi connectivity index (χ1v) is 7.00. The molecule has 0 bridgehead atoms. The van der Waals surface area contributed by atoms with Crippen LogP contribution < -0.4 is 0 Å². The van der Waals surface area contributed by atoms with E-state index in [4.69, 9.17) is 0 Å². The standard InChI is InChI=1S/C16H22/c1-2-7-13(8-3-1)15-11-6-12-16(15)14-9-4-5-10-14/h1-3,7-8,14-16H,4-6,9-12H2. The number of benzene rings is 1. The Morgan fingerprint density at radius 3 is 2.25 bits per heavy atom. The normalized spacial score (nSPS) is 31.0. The summed E-state index contributed by atoms with van der Waals surface area (Å²) in [4.78, 5) is 0. The van der Waals surface area contributed by atoms with Gasteiger partial charge in [-0.25, -0.2) is 0 Å². The fourth-order valence-corrected chi connectivity index (χ4v) is 4.05. The van der Waals surface area contributed by atoms with Crippen molar-refractivity contribution in [3.8, 4) is 0 Å². The van der Waals surface area contributed by atoms with Gasteiger partial charge in [0.15, 0.2) is 0 Å². The van der Waals surface area contributed by atoms with Gasteiger partial charge in [-0.3, -0.25) is 0 Å². The summed E-state index contributed by atoms with van der Waals surface area (Å²) in [5.41, 5.74) is 1.61. The Morgan fingerprint density at radius 1 is 0.750 bits per heavy atom. The topological polar surface area (TPSA) is 0 Å². The highest BCUT2D eigenvalue weighted by Crippen LogP contribution is 2.48. The molecular weight excluding hydrogens is 192 g/mol. The highest BCUT2D eigenvalue weighted by atomic mass is 14.4. The maximum Gasteiger partial charge on any atom is -0.0131 e. The molecule has 16 heavy (non-hydrogen) atoms. The molecule has 2 unspecified atom stereocenters. The van der Waals surface area contributed by atoms with Crippen molar-refractivity contribution >= 4 is 0 Å². The Bertz CT molecular complexity index is 321. The molecule has 2 aliphatic carbocycles. The third-order valence-corrected chi connectivity index (χ3v) is 4.80. The van der Waals surface area contributed by atoms with E-state index in [1.165, 1.54) is 44.9 Å². The first kappa shape index (κ1) is 10.4. The molecule has 86 valence electrons. The van der Waals surface area contributed by atoms with Gasteiger partial charge in [-0.15, -0.1) is 0 Å². The minimum Gasteiger partial charge on any atom is -0.0622 e. The molecule has 2 fully saturated rings. The molecule has 0 amide bonds. The molecule has 0 nitrogen and oxygen atoms in total. The van der Waals surface area contributed by atoms with Crippen molar-refractivity contribution in [2.45, 2.75) is 50.9 Å². The van der Waals surface area contributed by atoms with E-state index in [-0.39, 0.29) is 0 Å². The van der Waals surface area contributed by atoms with Crippen molar-refractivity contribution in [1.82, 2.24) is 0 Å². The fraction of sp³-hybridized carbons (Fsp3) is 0.625. The molecule has 0 aliphatic heterocycles. The van der Waals surface area contributed by atoms with Crippen LogP contribution in [0.25, 0.3) is 0 Å². The zero-order valence-electron chi connectivity index (χ0n) is 10.1. The van der Waals surface area contributed by atoms with Gasteiger partial charge in [-0.1, -0.05) is 62.4 Å². The Morgan fingerprint density at radius 2 is 1.50 bits per heavy atom. The zero-order valence-corrected chi connectivity index (χ0v) is 10.1. The minimum absolute atomic E-state index is 0.879. The van der Waals surface area contributed by atoms with E-state index in [1.807, 2.05) is 0 Å². The van der Waals surface area contributed by atoms with Gasteiger partial charge in [0.1, 0.15) is 0 Å². The molecule has 1 aromatic carbocycles. The summed E-state index contributed by atoms with van der Waals surface area (Å²) in [5, 5.41) is 0. The Labute approximate surface area is 99.1 Å². The molecule has 0 heterocycles. The maximum absolute atomic E-state index is 2.35. The smallest absolute Gasteiger partial charge is 0.0131 e. The number of rotatable bonds is 2. The predicted molar refractivity (Wildman–Crippen MR) is 68.5 cm³/mol. The second kappa shape index (κ2) is 4.61. The van der Waals surface area contributed by atoms with Crippen LogP contribution in [-0.4, -0.2) is 0 Å². The van der Waals surface area contributed by atoms with Crippen LogP contribution in [0.3, 0.4) is 0 Å². The van der Waals surface area contributed by atoms with E-state index in [0.717, 1.165) is 17.8 Å². The quantitative estimate of drug-likeness (QED) is 0.666. The maximum atomic E-state index is 2.35. The van der Waals surface area contributed by atoms with Gasteiger partial charge in [0.2, 0.25) is 0 Å². The van der Waals surface area contributed by atoms with Gasteiger partial charge in [0.05, 0.1) is 0 Å². The lowest BCUT2D eigenvalue weighted by atomic mass is 9.79. The lowest BCUT2D eigenvalue weighted by molar-refractivity contribution is 0.316. The number of hydrogen-bond acceptors (Lipinski definition) is 0. The molecule has 0 aromatic heterocycles. The van der Waals surface area contributed by atoms with Crippen LogP contribution in [0.2, 0.25) is 0 Å². The van der Waals surface area contributed by atoms with Crippen LogP contribution in [0.15, 0.2) is 30.3 Å². The van der Waals surface area contributed by atoms with E-state index in [9.17, 15) is 0 Å². The molecule has 3 rings (SSSR count). The molecule has 0 radical (unpaired) electrons. The van der Waals surface area contributed by atoms with Crippen molar-refractivity contribution < 1.29 is 0 Å². The summed E-state index contributed by atoms with van der Waals surface area (Å²) in [6.45, 7) is 0. The van der Waals surface area contributed by atoms with E-state index in [0.29, 0.717) is 0 Å².